The Morgan fingerprint density at radius 2 is 1.83 bits per heavy atom. The molecule has 1 amide bonds. The molecule has 1 aromatic rings. The third-order valence-corrected chi connectivity index (χ3v) is 4.85. The van der Waals surface area contributed by atoms with Crippen molar-refractivity contribution in [2.45, 2.75) is 19.8 Å². The van der Waals surface area contributed by atoms with Gasteiger partial charge >= 0.3 is 0 Å². The quantitative estimate of drug-likeness (QED) is 0.789. The van der Waals surface area contributed by atoms with Crippen molar-refractivity contribution in [2.75, 3.05) is 52.1 Å². The molecule has 0 bridgehead atoms. The topological polar surface area (TPSA) is 40.0 Å². The van der Waals surface area contributed by atoms with E-state index in [1.165, 1.54) is 10.5 Å². The molecular formula is C18H29N4OS+. The number of piperazine rings is 1. The molecule has 2 N–H and O–H groups in total. The number of nitrogens with one attached hydrogen (secondary N) is 2. The highest BCUT2D eigenvalue weighted by Gasteiger charge is 2.24. The van der Waals surface area contributed by atoms with Crippen molar-refractivity contribution in [2.24, 2.45) is 0 Å². The molecule has 1 aliphatic heterocycles. The molecule has 1 aliphatic rings. The van der Waals surface area contributed by atoms with Crippen LogP contribution in [0, 0.1) is 0 Å². The summed E-state index contributed by atoms with van der Waals surface area (Å²) in [6.07, 6.45) is 0. The summed E-state index contributed by atoms with van der Waals surface area (Å²) in [6.45, 7) is 8.59. The van der Waals surface area contributed by atoms with Crippen molar-refractivity contribution < 1.29 is 9.69 Å². The Morgan fingerprint density at radius 3 is 2.33 bits per heavy atom. The smallest absolute Gasteiger partial charge is 0.277 e. The number of amides is 1. The van der Waals surface area contributed by atoms with Gasteiger partial charge in [0.2, 0.25) is 0 Å². The van der Waals surface area contributed by atoms with Gasteiger partial charge in [0.25, 0.3) is 5.91 Å². The van der Waals surface area contributed by atoms with Crippen LogP contribution < -0.4 is 10.2 Å². The first-order valence-electron chi connectivity index (χ1n) is 8.56. The minimum Gasteiger partial charge on any atom is -0.344 e. The predicted octanol–water partition coefficient (Wildman–Crippen LogP) is 0.796. The minimum absolute atomic E-state index is 0.185. The third kappa shape index (κ3) is 5.18. The summed E-state index contributed by atoms with van der Waals surface area (Å²) in [4.78, 5) is 17.0. The van der Waals surface area contributed by atoms with Crippen LogP contribution in [-0.2, 0) is 4.79 Å². The molecule has 5 nitrogen and oxygen atoms in total. The van der Waals surface area contributed by atoms with E-state index in [-0.39, 0.29) is 5.91 Å². The van der Waals surface area contributed by atoms with Crippen molar-refractivity contribution in [3.63, 3.8) is 0 Å². The molecule has 6 heteroatoms. The fourth-order valence-electron chi connectivity index (χ4n) is 2.73. The van der Waals surface area contributed by atoms with Crippen LogP contribution in [0.3, 0.4) is 0 Å². The summed E-state index contributed by atoms with van der Waals surface area (Å²) >= 11 is 5.54. The van der Waals surface area contributed by atoms with Gasteiger partial charge in [-0.25, -0.2) is 0 Å². The van der Waals surface area contributed by atoms with E-state index in [0.29, 0.717) is 12.5 Å². The number of likely N-dealkylation sites (N-methyl/N-ethyl adjacent to an activating group) is 1. The van der Waals surface area contributed by atoms with Gasteiger partial charge in [-0.05, 0) is 35.8 Å². The lowest BCUT2D eigenvalue weighted by Gasteiger charge is -2.33. The molecule has 0 spiro atoms. The van der Waals surface area contributed by atoms with E-state index in [2.05, 4.69) is 48.3 Å². The molecule has 1 heterocycles. The number of hydrogen-bond acceptors (Lipinski definition) is 2. The van der Waals surface area contributed by atoms with Gasteiger partial charge in [0.05, 0.1) is 26.2 Å². The number of anilines is 1. The number of quaternary nitrogens is 1. The summed E-state index contributed by atoms with van der Waals surface area (Å²) in [5.41, 5.74) is 2.36. The first-order valence-corrected chi connectivity index (χ1v) is 8.97. The number of carbonyl (C=O) groups excluding carboxylic acids is 1. The summed E-state index contributed by atoms with van der Waals surface area (Å²) in [7, 11) is 3.61. The second-order valence-electron chi connectivity index (χ2n) is 6.91. The van der Waals surface area contributed by atoms with Crippen LogP contribution >= 0.6 is 12.2 Å². The maximum atomic E-state index is 11.8. The van der Waals surface area contributed by atoms with Gasteiger partial charge in [0.15, 0.2) is 11.7 Å². The van der Waals surface area contributed by atoms with Crippen molar-refractivity contribution in [1.82, 2.24) is 9.80 Å². The summed E-state index contributed by atoms with van der Waals surface area (Å²) in [5, 5.41) is 4.09. The molecule has 1 aromatic carbocycles. The summed E-state index contributed by atoms with van der Waals surface area (Å²) in [6, 6.07) is 8.45. The van der Waals surface area contributed by atoms with E-state index < -0.39 is 0 Å². The Balaban J connectivity index is 1.81. The van der Waals surface area contributed by atoms with Crippen LogP contribution in [0.15, 0.2) is 24.3 Å². The highest BCUT2D eigenvalue weighted by Crippen LogP contribution is 2.17. The maximum Gasteiger partial charge on any atom is 0.277 e. The summed E-state index contributed by atoms with van der Waals surface area (Å²) in [5.74, 6) is 0.719. The fourth-order valence-corrected chi connectivity index (χ4v) is 3.03. The number of hydrogen-bond donors (Lipinski definition) is 2. The average Bonchev–Trinajstić information content (AvgIpc) is 2.55. The third-order valence-electron chi connectivity index (χ3n) is 4.49. The predicted molar refractivity (Wildman–Crippen MR) is 103 cm³/mol. The van der Waals surface area contributed by atoms with Crippen LogP contribution in [0.2, 0.25) is 0 Å². The van der Waals surface area contributed by atoms with Crippen LogP contribution in [0.4, 0.5) is 5.69 Å². The van der Waals surface area contributed by atoms with Gasteiger partial charge in [0.1, 0.15) is 0 Å². The van der Waals surface area contributed by atoms with Gasteiger partial charge < -0.3 is 20.0 Å². The van der Waals surface area contributed by atoms with Crippen molar-refractivity contribution in [3.05, 3.63) is 29.8 Å². The highest BCUT2D eigenvalue weighted by molar-refractivity contribution is 7.80. The SMILES string of the molecule is CC(C)c1ccc(NC(=S)N2CC[NH+](CC(=O)N(C)C)CC2)cc1. The van der Waals surface area contributed by atoms with Gasteiger partial charge in [-0.1, -0.05) is 26.0 Å². The number of benzene rings is 1. The number of carbonyl (C=O) groups is 1. The van der Waals surface area contributed by atoms with Crippen LogP contribution in [0.1, 0.15) is 25.3 Å². The van der Waals surface area contributed by atoms with Gasteiger partial charge in [-0.15, -0.1) is 0 Å². The molecular weight excluding hydrogens is 320 g/mol. The van der Waals surface area contributed by atoms with E-state index in [9.17, 15) is 4.79 Å². The first-order chi connectivity index (χ1) is 11.4. The molecule has 24 heavy (non-hydrogen) atoms. The Kier molecular flexibility index (Phi) is 6.57. The van der Waals surface area contributed by atoms with Crippen molar-refractivity contribution >= 4 is 28.9 Å². The molecule has 1 fully saturated rings. The molecule has 0 radical (unpaired) electrons. The monoisotopic (exact) mass is 349 g/mol. The molecule has 1 saturated heterocycles. The number of thiocarbonyl (C=S) groups is 1. The summed E-state index contributed by atoms with van der Waals surface area (Å²) < 4.78 is 0. The molecule has 0 unspecified atom stereocenters. The largest absolute Gasteiger partial charge is 0.344 e. The van der Waals surface area contributed by atoms with Gasteiger partial charge in [-0.2, -0.15) is 0 Å². The first kappa shape index (κ1) is 18.7. The zero-order valence-corrected chi connectivity index (χ0v) is 15.9. The second-order valence-corrected chi connectivity index (χ2v) is 7.30. The molecule has 0 aromatic heterocycles. The molecule has 0 atom stereocenters. The minimum atomic E-state index is 0.185. The number of rotatable bonds is 4. The van der Waals surface area contributed by atoms with Crippen LogP contribution in [0.25, 0.3) is 0 Å². The standard InChI is InChI=1S/C18H28N4OS/c1-14(2)15-5-7-16(8-6-15)19-18(24)22-11-9-21(10-12-22)13-17(23)20(3)4/h5-8,14H,9-13H2,1-4H3,(H,19,24)/p+1. The van der Waals surface area contributed by atoms with Gasteiger partial charge in [-0.3, -0.25) is 4.79 Å². The zero-order valence-electron chi connectivity index (χ0n) is 15.1. The Morgan fingerprint density at radius 1 is 1.25 bits per heavy atom. The lowest BCUT2D eigenvalue weighted by molar-refractivity contribution is -0.896. The average molecular weight is 350 g/mol. The molecule has 0 saturated carbocycles. The lowest BCUT2D eigenvalue weighted by atomic mass is 10.0. The molecule has 2 rings (SSSR count). The second kappa shape index (κ2) is 8.44. The molecule has 132 valence electrons. The Hall–Kier alpha value is -1.66. The van der Waals surface area contributed by atoms with E-state index >= 15 is 0 Å². The molecule has 0 aliphatic carbocycles. The highest BCUT2D eigenvalue weighted by atomic mass is 32.1. The lowest BCUT2D eigenvalue weighted by Crippen LogP contribution is -3.15. The normalized spacial score (nSPS) is 15.5. The fraction of sp³-hybridized carbons (Fsp3) is 0.556. The van der Waals surface area contributed by atoms with E-state index in [0.717, 1.165) is 37.0 Å². The number of nitrogens with zero attached hydrogens (tertiary/aromatic N) is 2. The van der Waals surface area contributed by atoms with Crippen LogP contribution in [-0.4, -0.2) is 67.6 Å². The van der Waals surface area contributed by atoms with Crippen molar-refractivity contribution in [3.8, 4) is 0 Å². The Bertz CT molecular complexity index is 563. The van der Waals surface area contributed by atoms with E-state index in [1.807, 2.05) is 14.1 Å². The maximum absolute atomic E-state index is 11.8. The van der Waals surface area contributed by atoms with Gasteiger partial charge in [0, 0.05) is 19.8 Å². The van der Waals surface area contributed by atoms with Crippen LogP contribution in [0.5, 0.6) is 0 Å². The Labute approximate surface area is 150 Å². The van der Waals surface area contributed by atoms with E-state index in [1.54, 1.807) is 4.90 Å². The van der Waals surface area contributed by atoms with Crippen molar-refractivity contribution in [1.29, 1.82) is 0 Å². The van der Waals surface area contributed by atoms with E-state index in [4.69, 9.17) is 12.2 Å². The zero-order chi connectivity index (χ0) is 17.7.